The molecule has 0 atom stereocenters. The fourth-order valence-electron chi connectivity index (χ4n) is 1.28. The van der Waals surface area contributed by atoms with Crippen LogP contribution in [0.1, 0.15) is 20.7 Å². The van der Waals surface area contributed by atoms with Crippen LogP contribution in [0.4, 0.5) is 5.69 Å². The number of hydrogen-bond donors (Lipinski definition) is 0. The van der Waals surface area contributed by atoms with E-state index in [1.54, 1.807) is 0 Å². The molecule has 1 aromatic rings. The Balaban J connectivity index is 3.50. The molecular formula is C10H8BrNO6. The maximum absolute atomic E-state index is 11.4. The van der Waals surface area contributed by atoms with Gasteiger partial charge in [-0.15, -0.1) is 0 Å². The Bertz CT molecular complexity index is 527. The number of carbonyl (C=O) groups excluding carboxylic acids is 2. The zero-order valence-corrected chi connectivity index (χ0v) is 11.0. The van der Waals surface area contributed by atoms with E-state index >= 15 is 0 Å². The Labute approximate surface area is 110 Å². The van der Waals surface area contributed by atoms with Crippen LogP contribution in [0.3, 0.4) is 0 Å². The monoisotopic (exact) mass is 317 g/mol. The molecule has 0 fully saturated rings. The summed E-state index contributed by atoms with van der Waals surface area (Å²) in [6.07, 6.45) is 0. The first-order valence-electron chi connectivity index (χ1n) is 4.57. The summed E-state index contributed by atoms with van der Waals surface area (Å²) < 4.78 is 8.99. The summed E-state index contributed by atoms with van der Waals surface area (Å²) in [5.41, 5.74) is -0.824. The maximum Gasteiger partial charge on any atom is 0.346 e. The Hall–Kier alpha value is -1.96. The third kappa shape index (κ3) is 2.65. The van der Waals surface area contributed by atoms with Gasteiger partial charge in [0.15, 0.2) is 5.56 Å². The molecule has 0 aliphatic heterocycles. The molecule has 0 aliphatic rings. The summed E-state index contributed by atoms with van der Waals surface area (Å²) >= 11 is 2.99. The van der Waals surface area contributed by atoms with Gasteiger partial charge in [0.05, 0.1) is 24.7 Å². The van der Waals surface area contributed by atoms with Gasteiger partial charge < -0.3 is 9.47 Å². The number of rotatable bonds is 3. The molecule has 0 aliphatic carbocycles. The quantitative estimate of drug-likeness (QED) is 0.480. The third-order valence-corrected chi connectivity index (χ3v) is 2.70. The number of esters is 2. The number of nitro groups is 1. The van der Waals surface area contributed by atoms with Crippen LogP contribution in [0.2, 0.25) is 0 Å². The van der Waals surface area contributed by atoms with Crippen LogP contribution in [0.25, 0.3) is 0 Å². The normalized spacial score (nSPS) is 9.72. The van der Waals surface area contributed by atoms with Gasteiger partial charge >= 0.3 is 11.9 Å². The molecule has 8 heteroatoms. The largest absolute Gasteiger partial charge is 0.465 e. The molecule has 0 N–H and O–H groups in total. The lowest BCUT2D eigenvalue weighted by Gasteiger charge is -2.06. The van der Waals surface area contributed by atoms with E-state index in [0.29, 0.717) is 0 Å². The zero-order valence-electron chi connectivity index (χ0n) is 9.43. The van der Waals surface area contributed by atoms with Crippen LogP contribution >= 0.6 is 15.9 Å². The molecule has 0 amide bonds. The third-order valence-electron chi connectivity index (χ3n) is 2.08. The molecule has 18 heavy (non-hydrogen) atoms. The Morgan fingerprint density at radius 1 is 1.22 bits per heavy atom. The smallest absolute Gasteiger partial charge is 0.346 e. The second kappa shape index (κ2) is 5.58. The SMILES string of the molecule is COC(=O)c1cc(Br)c(C(=O)OC)c([N+](=O)[O-])c1. The lowest BCUT2D eigenvalue weighted by atomic mass is 10.1. The number of ether oxygens (including phenoxy) is 2. The number of nitro benzene ring substituents is 1. The first kappa shape index (κ1) is 14.1. The van der Waals surface area contributed by atoms with E-state index in [1.165, 1.54) is 6.07 Å². The van der Waals surface area contributed by atoms with Crippen molar-refractivity contribution in [3.05, 3.63) is 37.8 Å². The number of benzene rings is 1. The van der Waals surface area contributed by atoms with Crippen LogP contribution in [0, 0.1) is 10.1 Å². The highest BCUT2D eigenvalue weighted by Gasteiger charge is 2.27. The van der Waals surface area contributed by atoms with Crippen LogP contribution < -0.4 is 0 Å². The fourth-order valence-corrected chi connectivity index (χ4v) is 1.89. The molecule has 1 aromatic carbocycles. The van der Waals surface area contributed by atoms with Gasteiger partial charge in [-0.3, -0.25) is 10.1 Å². The first-order chi connectivity index (χ1) is 8.42. The highest BCUT2D eigenvalue weighted by atomic mass is 79.9. The van der Waals surface area contributed by atoms with Crippen LogP contribution in [-0.4, -0.2) is 31.1 Å². The van der Waals surface area contributed by atoms with E-state index in [2.05, 4.69) is 25.4 Å². The number of nitrogens with zero attached hydrogens (tertiary/aromatic N) is 1. The van der Waals surface area contributed by atoms with Crippen LogP contribution in [0.15, 0.2) is 16.6 Å². The lowest BCUT2D eigenvalue weighted by Crippen LogP contribution is -2.10. The van der Waals surface area contributed by atoms with Crippen molar-refractivity contribution in [1.82, 2.24) is 0 Å². The predicted octanol–water partition coefficient (Wildman–Crippen LogP) is 1.93. The highest BCUT2D eigenvalue weighted by Crippen LogP contribution is 2.29. The summed E-state index contributed by atoms with van der Waals surface area (Å²) in [6, 6.07) is 2.22. The van der Waals surface area contributed by atoms with E-state index in [4.69, 9.17) is 0 Å². The van der Waals surface area contributed by atoms with Crippen molar-refractivity contribution < 1.29 is 24.0 Å². The molecule has 0 radical (unpaired) electrons. The molecule has 96 valence electrons. The van der Waals surface area contributed by atoms with Crippen molar-refractivity contribution >= 4 is 33.6 Å². The van der Waals surface area contributed by atoms with Crippen LogP contribution in [-0.2, 0) is 9.47 Å². The van der Waals surface area contributed by atoms with Crippen molar-refractivity contribution in [2.45, 2.75) is 0 Å². The Morgan fingerprint density at radius 3 is 2.22 bits per heavy atom. The van der Waals surface area contributed by atoms with Gasteiger partial charge in [-0.25, -0.2) is 9.59 Å². The number of halogens is 1. The summed E-state index contributed by atoms with van der Waals surface area (Å²) in [5.74, 6) is -1.61. The van der Waals surface area contributed by atoms with Gasteiger partial charge in [-0.05, 0) is 22.0 Å². The van der Waals surface area contributed by atoms with Gasteiger partial charge in [0.25, 0.3) is 5.69 Å². The molecule has 0 heterocycles. The van der Waals surface area contributed by atoms with E-state index in [0.717, 1.165) is 20.3 Å². The first-order valence-corrected chi connectivity index (χ1v) is 5.36. The molecular weight excluding hydrogens is 310 g/mol. The molecule has 0 aromatic heterocycles. The molecule has 0 bridgehead atoms. The zero-order chi connectivity index (χ0) is 13.9. The number of carbonyl (C=O) groups is 2. The van der Waals surface area contributed by atoms with Gasteiger partial charge in [0, 0.05) is 10.5 Å². The average molecular weight is 318 g/mol. The number of hydrogen-bond acceptors (Lipinski definition) is 6. The van der Waals surface area contributed by atoms with E-state index in [1.807, 2.05) is 0 Å². The summed E-state index contributed by atoms with van der Waals surface area (Å²) in [7, 11) is 2.25. The second-order valence-electron chi connectivity index (χ2n) is 3.09. The van der Waals surface area contributed by atoms with E-state index in [9.17, 15) is 19.7 Å². The van der Waals surface area contributed by atoms with Crippen molar-refractivity contribution in [2.75, 3.05) is 14.2 Å². The topological polar surface area (TPSA) is 95.7 Å². The van der Waals surface area contributed by atoms with E-state index < -0.39 is 22.5 Å². The van der Waals surface area contributed by atoms with E-state index in [-0.39, 0.29) is 15.6 Å². The molecule has 1 rings (SSSR count). The standard InChI is InChI=1S/C10H8BrNO6/c1-17-9(13)5-3-6(11)8(10(14)18-2)7(4-5)12(15)16/h3-4H,1-2H3. The Kier molecular flexibility index (Phi) is 4.38. The van der Waals surface area contributed by atoms with Crippen molar-refractivity contribution in [2.24, 2.45) is 0 Å². The van der Waals surface area contributed by atoms with Gasteiger partial charge in [-0.2, -0.15) is 0 Å². The second-order valence-corrected chi connectivity index (χ2v) is 3.95. The molecule has 0 saturated heterocycles. The lowest BCUT2D eigenvalue weighted by molar-refractivity contribution is -0.385. The Morgan fingerprint density at radius 2 is 1.78 bits per heavy atom. The maximum atomic E-state index is 11.4. The minimum atomic E-state index is -0.870. The van der Waals surface area contributed by atoms with Crippen molar-refractivity contribution in [3.63, 3.8) is 0 Å². The summed E-state index contributed by atoms with van der Waals surface area (Å²) in [4.78, 5) is 32.9. The fraction of sp³-hybridized carbons (Fsp3) is 0.200. The average Bonchev–Trinajstić information content (AvgIpc) is 2.35. The van der Waals surface area contributed by atoms with Crippen LogP contribution in [0.5, 0.6) is 0 Å². The minimum Gasteiger partial charge on any atom is -0.465 e. The summed E-state index contributed by atoms with van der Waals surface area (Å²) in [5, 5.41) is 10.9. The minimum absolute atomic E-state index is 0.0382. The highest BCUT2D eigenvalue weighted by molar-refractivity contribution is 9.10. The van der Waals surface area contributed by atoms with Gasteiger partial charge in [0.1, 0.15) is 0 Å². The summed E-state index contributed by atoms with van der Waals surface area (Å²) in [6.45, 7) is 0. The molecule has 0 saturated carbocycles. The molecule has 7 nitrogen and oxygen atoms in total. The molecule has 0 spiro atoms. The van der Waals surface area contributed by atoms with Gasteiger partial charge in [0.2, 0.25) is 0 Å². The predicted molar refractivity (Wildman–Crippen MR) is 63.5 cm³/mol. The molecule has 0 unspecified atom stereocenters. The van der Waals surface area contributed by atoms with Crippen molar-refractivity contribution in [3.8, 4) is 0 Å². The van der Waals surface area contributed by atoms with Crippen molar-refractivity contribution in [1.29, 1.82) is 0 Å². The van der Waals surface area contributed by atoms with Gasteiger partial charge in [-0.1, -0.05) is 0 Å². The number of methoxy groups -OCH3 is 2.